The van der Waals surface area contributed by atoms with Crippen molar-refractivity contribution in [3.63, 3.8) is 0 Å². The third-order valence-corrected chi connectivity index (χ3v) is 11.0. The van der Waals surface area contributed by atoms with Gasteiger partial charge in [0, 0.05) is 20.6 Å². The van der Waals surface area contributed by atoms with E-state index in [1.165, 1.54) is 51.4 Å². The minimum absolute atomic E-state index is 0.220. The summed E-state index contributed by atoms with van der Waals surface area (Å²) < 4.78 is 59.2. The predicted octanol–water partition coefficient (Wildman–Crippen LogP) is 13.8. The van der Waals surface area contributed by atoms with Crippen molar-refractivity contribution in [3.05, 3.63) is 71.8 Å². The molecular weight excluding hydrogens is 597 g/mol. The van der Waals surface area contributed by atoms with E-state index in [4.69, 9.17) is 0 Å². The molecule has 0 spiro atoms. The Morgan fingerprint density at radius 2 is 0.795 bits per heavy atom. The van der Waals surface area contributed by atoms with Gasteiger partial charge in [-0.2, -0.15) is 0 Å². The van der Waals surface area contributed by atoms with Crippen molar-refractivity contribution < 1.29 is 17.6 Å². The summed E-state index contributed by atoms with van der Waals surface area (Å²) in [6.45, 7) is 4.42. The van der Waals surface area contributed by atoms with Crippen LogP contribution in [0.2, 0.25) is 0 Å². The molecule has 0 nitrogen and oxygen atoms in total. The summed E-state index contributed by atoms with van der Waals surface area (Å²) in [5.74, 6) is -4.43. The van der Waals surface area contributed by atoms with Crippen LogP contribution in [0.15, 0.2) is 58.3 Å². The van der Waals surface area contributed by atoms with E-state index in [1.54, 1.807) is 35.7 Å². The SMILES string of the molecule is CCCCCCCCSc1c2cc3ccccc3cc2c(SCCCCCCCC)c2cc3c(F)c(F)c(F)c(F)c3cc12. The second kappa shape index (κ2) is 15.7. The highest BCUT2D eigenvalue weighted by Crippen LogP contribution is 2.46. The van der Waals surface area contributed by atoms with Crippen LogP contribution in [0.3, 0.4) is 0 Å². The Morgan fingerprint density at radius 1 is 0.432 bits per heavy atom. The normalized spacial score (nSPS) is 12.0. The highest BCUT2D eigenvalue weighted by Gasteiger charge is 2.24. The molecule has 0 aliphatic rings. The zero-order valence-corrected chi connectivity index (χ0v) is 27.5. The second-order valence-corrected chi connectivity index (χ2v) is 14.0. The van der Waals surface area contributed by atoms with Gasteiger partial charge in [-0.15, -0.1) is 23.5 Å². The van der Waals surface area contributed by atoms with Crippen LogP contribution in [0.5, 0.6) is 0 Å². The standard InChI is InChI=1S/C38H42F4S2/c1-3-5-7-9-11-15-19-43-37-29-21-25-17-13-14-18-26(25)22-30(29)38(44-20-16-12-10-8-6-4-2)32-24-28-27(23-31(32)37)33(39)35(41)36(42)34(28)40/h13-14,17-18,21-24H,3-12,15-16,19-20H2,1-2H3. The molecule has 0 heterocycles. The minimum atomic E-state index is -1.76. The Labute approximate surface area is 267 Å². The van der Waals surface area contributed by atoms with E-state index in [-0.39, 0.29) is 10.8 Å². The number of fused-ring (bicyclic) bond motifs is 4. The van der Waals surface area contributed by atoms with Gasteiger partial charge in [0.15, 0.2) is 23.3 Å². The maximum Gasteiger partial charge on any atom is 0.198 e. The van der Waals surface area contributed by atoms with Gasteiger partial charge in [0.2, 0.25) is 0 Å². The first-order valence-corrected chi connectivity index (χ1v) is 18.3. The van der Waals surface area contributed by atoms with Crippen LogP contribution in [-0.4, -0.2) is 11.5 Å². The summed E-state index contributed by atoms with van der Waals surface area (Å²) in [6.07, 6.45) is 14.2. The average molecular weight is 639 g/mol. The zero-order valence-electron chi connectivity index (χ0n) is 25.8. The molecule has 44 heavy (non-hydrogen) atoms. The molecule has 0 radical (unpaired) electrons. The molecular formula is C38H42F4S2. The lowest BCUT2D eigenvalue weighted by Crippen LogP contribution is -1.99. The summed E-state index contributed by atoms with van der Waals surface area (Å²) in [6, 6.07) is 15.8. The van der Waals surface area contributed by atoms with E-state index in [0.29, 0.717) is 0 Å². The summed E-state index contributed by atoms with van der Waals surface area (Å²) in [5, 5.41) is 5.46. The molecule has 0 saturated carbocycles. The van der Waals surface area contributed by atoms with Gasteiger partial charge in [-0.25, -0.2) is 17.6 Å². The third-order valence-electron chi connectivity index (χ3n) is 8.56. The van der Waals surface area contributed by atoms with Crippen molar-refractivity contribution in [1.82, 2.24) is 0 Å². The van der Waals surface area contributed by atoms with Gasteiger partial charge in [-0.1, -0.05) is 102 Å². The molecule has 0 atom stereocenters. The van der Waals surface area contributed by atoms with Gasteiger partial charge in [-0.3, -0.25) is 0 Å². The van der Waals surface area contributed by atoms with Crippen molar-refractivity contribution in [2.45, 2.75) is 101 Å². The highest BCUT2D eigenvalue weighted by molar-refractivity contribution is 8.00. The summed E-state index contributed by atoms with van der Waals surface area (Å²) >= 11 is 3.47. The van der Waals surface area contributed by atoms with Crippen LogP contribution >= 0.6 is 23.5 Å². The number of halogens is 4. The molecule has 234 valence electrons. The molecule has 0 fully saturated rings. The van der Waals surface area contributed by atoms with Crippen LogP contribution in [0.4, 0.5) is 17.6 Å². The van der Waals surface area contributed by atoms with Crippen molar-refractivity contribution in [1.29, 1.82) is 0 Å². The Kier molecular flexibility index (Phi) is 11.8. The van der Waals surface area contributed by atoms with E-state index in [9.17, 15) is 8.78 Å². The number of hydrogen-bond donors (Lipinski definition) is 0. The van der Waals surface area contributed by atoms with Crippen molar-refractivity contribution in [2.75, 3.05) is 11.5 Å². The van der Waals surface area contributed by atoms with Crippen molar-refractivity contribution in [3.8, 4) is 0 Å². The third kappa shape index (κ3) is 7.17. The van der Waals surface area contributed by atoms with Gasteiger partial charge >= 0.3 is 0 Å². The molecule has 5 aromatic carbocycles. The molecule has 0 aliphatic heterocycles. The Morgan fingerprint density at radius 3 is 1.20 bits per heavy atom. The number of hydrogen-bond acceptors (Lipinski definition) is 2. The quantitative estimate of drug-likeness (QED) is 0.0263. The molecule has 5 rings (SSSR count). The molecule has 0 N–H and O–H groups in total. The van der Waals surface area contributed by atoms with Gasteiger partial charge < -0.3 is 0 Å². The molecule has 6 heteroatoms. The van der Waals surface area contributed by atoms with Crippen molar-refractivity contribution >= 4 is 66.6 Å². The van der Waals surface area contributed by atoms with E-state index in [1.807, 2.05) is 12.1 Å². The molecule has 0 aliphatic carbocycles. The van der Waals surface area contributed by atoms with Crippen LogP contribution < -0.4 is 0 Å². The Hall–Kier alpha value is -2.44. The van der Waals surface area contributed by atoms with Crippen LogP contribution in [0, 0.1) is 23.3 Å². The fourth-order valence-electron chi connectivity index (χ4n) is 6.10. The van der Waals surface area contributed by atoms with Gasteiger partial charge in [-0.05, 0) is 80.9 Å². The lowest BCUT2D eigenvalue weighted by Gasteiger charge is -2.19. The molecule has 0 amide bonds. The van der Waals surface area contributed by atoms with Crippen molar-refractivity contribution in [2.24, 2.45) is 0 Å². The largest absolute Gasteiger partial charge is 0.203 e. The first kappa shape index (κ1) is 32.9. The predicted molar refractivity (Wildman–Crippen MR) is 184 cm³/mol. The summed E-state index contributed by atoms with van der Waals surface area (Å²) in [4.78, 5) is 1.98. The van der Waals surface area contributed by atoms with Crippen LogP contribution in [0.25, 0.3) is 43.1 Å². The van der Waals surface area contributed by atoms with E-state index >= 15 is 8.78 Å². The first-order chi connectivity index (χ1) is 21.5. The topological polar surface area (TPSA) is 0 Å². The average Bonchev–Trinajstić information content (AvgIpc) is 3.04. The van der Waals surface area contributed by atoms with Crippen LogP contribution in [0.1, 0.15) is 90.9 Å². The number of unbranched alkanes of at least 4 members (excludes halogenated alkanes) is 10. The molecule has 0 unspecified atom stereocenters. The Bertz CT molecular complexity index is 1620. The molecule has 0 aromatic heterocycles. The highest BCUT2D eigenvalue weighted by atomic mass is 32.2. The summed E-state index contributed by atoms with van der Waals surface area (Å²) in [5.41, 5.74) is 0. The number of benzene rings is 5. The van der Waals surface area contributed by atoms with Crippen LogP contribution in [-0.2, 0) is 0 Å². The lowest BCUT2D eigenvalue weighted by molar-refractivity contribution is 0.418. The van der Waals surface area contributed by atoms with Gasteiger partial charge in [0.1, 0.15) is 0 Å². The van der Waals surface area contributed by atoms with Gasteiger partial charge in [0.05, 0.1) is 0 Å². The fourth-order valence-corrected chi connectivity index (χ4v) is 8.50. The molecule has 5 aromatic rings. The first-order valence-electron chi connectivity index (χ1n) is 16.3. The number of thioether (sulfide) groups is 2. The minimum Gasteiger partial charge on any atom is -0.203 e. The smallest absolute Gasteiger partial charge is 0.198 e. The maximum absolute atomic E-state index is 15.2. The molecule has 0 saturated heterocycles. The number of rotatable bonds is 16. The van der Waals surface area contributed by atoms with Gasteiger partial charge in [0.25, 0.3) is 0 Å². The monoisotopic (exact) mass is 638 g/mol. The zero-order chi connectivity index (χ0) is 31.1. The Balaban J connectivity index is 1.66. The van der Waals surface area contributed by atoms with E-state index in [2.05, 4.69) is 38.1 Å². The molecule has 0 bridgehead atoms. The van der Waals surface area contributed by atoms with E-state index < -0.39 is 23.3 Å². The second-order valence-electron chi connectivity index (χ2n) is 11.8. The fraction of sp³-hybridized carbons (Fsp3) is 0.421. The maximum atomic E-state index is 15.2. The lowest BCUT2D eigenvalue weighted by atomic mass is 9.96. The summed E-state index contributed by atoms with van der Waals surface area (Å²) in [7, 11) is 0. The van der Waals surface area contributed by atoms with E-state index in [0.717, 1.165) is 79.3 Å².